The fourth-order valence-corrected chi connectivity index (χ4v) is 5.92. The first-order chi connectivity index (χ1) is 19.4. The van der Waals surface area contributed by atoms with Crippen molar-refractivity contribution in [2.45, 2.75) is 64.1 Å². The van der Waals surface area contributed by atoms with Crippen molar-refractivity contribution in [3.63, 3.8) is 0 Å². The highest BCUT2D eigenvalue weighted by atomic mass is 35.5. The Labute approximate surface area is 248 Å². The number of hydrogen-bond acceptors (Lipinski definition) is 5. The predicted octanol–water partition coefficient (Wildman–Crippen LogP) is 5.66. The molecule has 0 saturated carbocycles. The number of sulfonamides is 1. The van der Waals surface area contributed by atoms with Crippen molar-refractivity contribution in [2.24, 2.45) is 0 Å². The van der Waals surface area contributed by atoms with E-state index in [0.29, 0.717) is 35.1 Å². The third-order valence-corrected chi connectivity index (χ3v) is 8.39. The molecule has 0 bridgehead atoms. The molecular formula is C31H38ClN3O5S. The minimum Gasteiger partial charge on any atom is -0.494 e. The molecule has 0 aliphatic carbocycles. The van der Waals surface area contributed by atoms with Crippen LogP contribution in [0.4, 0.5) is 5.69 Å². The standard InChI is InChI=1S/C31H38ClN3O5S/c1-6-28(30(37)33-31(3,4)5)34(21-23-13-11-12-16-27(23)32)29(36)22-35(24-14-9-8-10-15-24)41(38,39)26-19-17-25(18-20-26)40-7-2/h8-20,28H,6-7,21-22H2,1-5H3,(H,33,37)/t28-/m0/s1. The summed E-state index contributed by atoms with van der Waals surface area (Å²) >= 11 is 6.44. The Balaban J connectivity index is 2.05. The molecule has 0 fully saturated rings. The summed E-state index contributed by atoms with van der Waals surface area (Å²) < 4.78 is 34.4. The molecule has 3 aromatic carbocycles. The molecule has 0 heterocycles. The molecule has 220 valence electrons. The molecule has 41 heavy (non-hydrogen) atoms. The summed E-state index contributed by atoms with van der Waals surface area (Å²) in [5.74, 6) is -0.337. The second-order valence-corrected chi connectivity index (χ2v) is 12.8. The number of halogens is 1. The first-order valence-corrected chi connectivity index (χ1v) is 15.3. The highest BCUT2D eigenvalue weighted by Crippen LogP contribution is 2.27. The van der Waals surface area contributed by atoms with Gasteiger partial charge in [-0.25, -0.2) is 8.42 Å². The molecule has 0 spiro atoms. The van der Waals surface area contributed by atoms with Crippen molar-refractivity contribution in [3.05, 3.63) is 89.4 Å². The highest BCUT2D eigenvalue weighted by Gasteiger charge is 2.34. The molecule has 0 saturated heterocycles. The van der Waals surface area contributed by atoms with Crippen LogP contribution < -0.4 is 14.4 Å². The molecule has 1 N–H and O–H groups in total. The highest BCUT2D eigenvalue weighted by molar-refractivity contribution is 7.92. The number of carbonyl (C=O) groups excluding carboxylic acids is 2. The van der Waals surface area contributed by atoms with E-state index in [1.165, 1.54) is 17.0 Å². The van der Waals surface area contributed by atoms with E-state index in [1.54, 1.807) is 66.7 Å². The summed E-state index contributed by atoms with van der Waals surface area (Å²) in [4.78, 5) is 28.9. The van der Waals surface area contributed by atoms with Crippen molar-refractivity contribution >= 4 is 39.1 Å². The summed E-state index contributed by atoms with van der Waals surface area (Å²) in [6, 6.07) is 20.7. The average molecular weight is 600 g/mol. The van der Waals surface area contributed by atoms with Crippen LogP contribution in [-0.4, -0.2) is 49.9 Å². The molecular weight excluding hydrogens is 562 g/mol. The fraction of sp³-hybridized carbons (Fsp3) is 0.355. The van der Waals surface area contributed by atoms with Crippen LogP contribution in [0.1, 0.15) is 46.6 Å². The van der Waals surface area contributed by atoms with Crippen molar-refractivity contribution in [3.8, 4) is 5.75 Å². The third-order valence-electron chi connectivity index (χ3n) is 6.23. The van der Waals surface area contributed by atoms with Gasteiger partial charge in [-0.2, -0.15) is 0 Å². The van der Waals surface area contributed by atoms with Gasteiger partial charge in [0.25, 0.3) is 10.0 Å². The first kappa shape index (κ1) is 32.0. The number of nitrogens with zero attached hydrogens (tertiary/aromatic N) is 2. The SMILES string of the molecule is CCOc1ccc(S(=O)(=O)N(CC(=O)N(Cc2ccccc2Cl)[C@@H](CC)C(=O)NC(C)(C)C)c2ccccc2)cc1. The number of ether oxygens (including phenoxy) is 1. The topological polar surface area (TPSA) is 96.0 Å². The second kappa shape index (κ2) is 13.9. The number of carbonyl (C=O) groups is 2. The van der Waals surface area contributed by atoms with Gasteiger partial charge in [0.15, 0.2) is 0 Å². The zero-order valence-electron chi connectivity index (χ0n) is 24.1. The molecule has 3 rings (SSSR count). The third kappa shape index (κ3) is 8.47. The lowest BCUT2D eigenvalue weighted by Crippen LogP contribution is -2.55. The maximum absolute atomic E-state index is 14.1. The maximum Gasteiger partial charge on any atom is 0.264 e. The number of hydrogen-bond donors (Lipinski definition) is 1. The summed E-state index contributed by atoms with van der Waals surface area (Å²) in [5, 5.41) is 3.40. The summed E-state index contributed by atoms with van der Waals surface area (Å²) in [6.07, 6.45) is 0.315. The number of nitrogens with one attached hydrogen (secondary N) is 1. The number of anilines is 1. The van der Waals surface area contributed by atoms with Gasteiger partial charge in [-0.05, 0) is 82.1 Å². The van der Waals surface area contributed by atoms with E-state index in [4.69, 9.17) is 16.3 Å². The van der Waals surface area contributed by atoms with Gasteiger partial charge in [-0.3, -0.25) is 13.9 Å². The smallest absolute Gasteiger partial charge is 0.264 e. The lowest BCUT2D eigenvalue weighted by Gasteiger charge is -2.35. The zero-order valence-corrected chi connectivity index (χ0v) is 25.7. The van der Waals surface area contributed by atoms with Crippen molar-refractivity contribution in [2.75, 3.05) is 17.5 Å². The van der Waals surface area contributed by atoms with Gasteiger partial charge in [-0.1, -0.05) is 54.9 Å². The minimum absolute atomic E-state index is 0.00720. The van der Waals surface area contributed by atoms with Gasteiger partial charge in [0.1, 0.15) is 18.3 Å². The van der Waals surface area contributed by atoms with Gasteiger partial charge in [0, 0.05) is 17.1 Å². The van der Waals surface area contributed by atoms with Gasteiger partial charge in [-0.15, -0.1) is 0 Å². The molecule has 2 amide bonds. The molecule has 0 radical (unpaired) electrons. The lowest BCUT2D eigenvalue weighted by molar-refractivity contribution is -0.141. The number of rotatable bonds is 12. The minimum atomic E-state index is -4.17. The maximum atomic E-state index is 14.1. The monoisotopic (exact) mass is 599 g/mol. The van der Waals surface area contributed by atoms with E-state index < -0.39 is 34.1 Å². The molecule has 3 aromatic rings. The van der Waals surface area contributed by atoms with E-state index in [9.17, 15) is 18.0 Å². The summed E-state index contributed by atoms with van der Waals surface area (Å²) in [5.41, 5.74) is 0.432. The zero-order chi connectivity index (χ0) is 30.2. The van der Waals surface area contributed by atoms with E-state index in [-0.39, 0.29) is 17.3 Å². The van der Waals surface area contributed by atoms with E-state index >= 15 is 0 Å². The average Bonchev–Trinajstić information content (AvgIpc) is 2.92. The molecule has 1 atom stereocenters. The van der Waals surface area contributed by atoms with Gasteiger partial charge in [0.05, 0.1) is 17.2 Å². The normalized spacial score (nSPS) is 12.3. The molecule has 0 aromatic heterocycles. The number of benzene rings is 3. The van der Waals surface area contributed by atoms with Gasteiger partial charge in [0.2, 0.25) is 11.8 Å². The number of para-hydroxylation sites is 1. The van der Waals surface area contributed by atoms with Crippen LogP contribution in [-0.2, 0) is 26.2 Å². The fourth-order valence-electron chi connectivity index (χ4n) is 4.31. The molecule has 10 heteroatoms. The van der Waals surface area contributed by atoms with Crippen molar-refractivity contribution in [1.29, 1.82) is 0 Å². The van der Waals surface area contributed by atoms with Crippen LogP contribution in [0.3, 0.4) is 0 Å². The van der Waals surface area contributed by atoms with Crippen LogP contribution in [0.5, 0.6) is 5.75 Å². The van der Waals surface area contributed by atoms with Crippen LogP contribution in [0.25, 0.3) is 0 Å². The van der Waals surface area contributed by atoms with Gasteiger partial charge < -0.3 is 15.0 Å². The Bertz CT molecular complexity index is 1420. The lowest BCUT2D eigenvalue weighted by atomic mass is 10.1. The van der Waals surface area contributed by atoms with Gasteiger partial charge >= 0.3 is 0 Å². The van der Waals surface area contributed by atoms with Crippen molar-refractivity contribution in [1.82, 2.24) is 10.2 Å². The Kier molecular flexibility index (Phi) is 10.8. The van der Waals surface area contributed by atoms with E-state index in [0.717, 1.165) is 4.31 Å². The van der Waals surface area contributed by atoms with Crippen molar-refractivity contribution < 1.29 is 22.7 Å². The van der Waals surface area contributed by atoms with Crippen LogP contribution in [0.15, 0.2) is 83.8 Å². The van der Waals surface area contributed by atoms with E-state index in [2.05, 4.69) is 5.32 Å². The number of amides is 2. The Hall–Kier alpha value is -3.56. The first-order valence-electron chi connectivity index (χ1n) is 13.5. The van der Waals surface area contributed by atoms with Crippen LogP contribution >= 0.6 is 11.6 Å². The Morgan fingerprint density at radius 2 is 1.54 bits per heavy atom. The summed E-state index contributed by atoms with van der Waals surface area (Å²) in [7, 11) is -4.17. The largest absolute Gasteiger partial charge is 0.494 e. The molecule has 0 aliphatic heterocycles. The Morgan fingerprint density at radius 3 is 2.10 bits per heavy atom. The molecule has 0 unspecified atom stereocenters. The predicted molar refractivity (Wildman–Crippen MR) is 163 cm³/mol. The van der Waals surface area contributed by atoms with E-state index in [1.807, 2.05) is 34.6 Å². The molecule has 8 nitrogen and oxygen atoms in total. The van der Waals surface area contributed by atoms with Crippen LogP contribution in [0.2, 0.25) is 5.02 Å². The molecule has 0 aliphatic rings. The summed E-state index contributed by atoms with van der Waals surface area (Å²) in [6.45, 7) is 9.18. The second-order valence-electron chi connectivity index (χ2n) is 10.5. The van der Waals surface area contributed by atoms with Crippen LogP contribution in [0, 0.1) is 0 Å². The quantitative estimate of drug-likeness (QED) is 0.290. The Morgan fingerprint density at radius 1 is 0.927 bits per heavy atom.